The summed E-state index contributed by atoms with van der Waals surface area (Å²) in [6, 6.07) is 14.9. The van der Waals surface area contributed by atoms with Crippen molar-refractivity contribution in [3.63, 3.8) is 0 Å². The highest BCUT2D eigenvalue weighted by molar-refractivity contribution is 6.14. The fourth-order valence-corrected chi connectivity index (χ4v) is 3.36. The number of hydrogen-bond acceptors (Lipinski definition) is 1. The molecule has 0 bridgehead atoms. The zero-order valence-corrected chi connectivity index (χ0v) is 10.9. The number of carbonyl (C=O) groups is 1. The number of fused-ring (bicyclic) bond motifs is 5. The lowest BCUT2D eigenvalue weighted by atomic mass is 9.92. The molecule has 0 saturated heterocycles. The van der Waals surface area contributed by atoms with E-state index in [0.29, 0.717) is 12.2 Å². The van der Waals surface area contributed by atoms with E-state index in [1.165, 1.54) is 32.7 Å². The highest BCUT2D eigenvalue weighted by Crippen LogP contribution is 2.36. The fourth-order valence-electron chi connectivity index (χ4n) is 3.36. The number of hydrogen-bond donors (Lipinski definition) is 0. The quantitative estimate of drug-likeness (QED) is 0.536. The van der Waals surface area contributed by atoms with Crippen LogP contribution in [0.15, 0.2) is 42.5 Å². The van der Waals surface area contributed by atoms with Gasteiger partial charge in [-0.2, -0.15) is 0 Å². The van der Waals surface area contributed by atoms with E-state index in [-0.39, 0.29) is 0 Å². The summed E-state index contributed by atoms with van der Waals surface area (Å²) in [5, 5.41) is 5.13. The van der Waals surface area contributed by atoms with Gasteiger partial charge in [-0.25, -0.2) is 0 Å². The first kappa shape index (κ1) is 10.7. The van der Waals surface area contributed by atoms with Gasteiger partial charge in [-0.1, -0.05) is 36.4 Å². The summed E-state index contributed by atoms with van der Waals surface area (Å²) in [4.78, 5) is 11.9. The Kier molecular flexibility index (Phi) is 2.08. The lowest BCUT2D eigenvalue weighted by Crippen LogP contribution is -1.94. The molecule has 0 spiro atoms. The molecule has 0 saturated carbocycles. The molecule has 0 atom stereocenters. The molecular weight excluding hydrogens is 232 g/mol. The Labute approximate surface area is 111 Å². The van der Waals surface area contributed by atoms with Crippen LogP contribution in [0.2, 0.25) is 0 Å². The summed E-state index contributed by atoms with van der Waals surface area (Å²) in [6.45, 7) is 2.11. The van der Waals surface area contributed by atoms with E-state index in [9.17, 15) is 4.79 Å². The van der Waals surface area contributed by atoms with Gasteiger partial charge in [-0.05, 0) is 52.1 Å². The van der Waals surface area contributed by atoms with E-state index in [4.69, 9.17) is 0 Å². The molecule has 1 nitrogen and oxygen atoms in total. The molecule has 0 unspecified atom stereocenters. The number of Topliss-reactive ketones (excluding diaryl/α,β-unsaturated/α-hetero) is 1. The van der Waals surface area contributed by atoms with Gasteiger partial charge in [0, 0.05) is 12.0 Å². The van der Waals surface area contributed by atoms with Crippen LogP contribution in [0.4, 0.5) is 0 Å². The maximum atomic E-state index is 11.9. The Morgan fingerprint density at radius 1 is 0.947 bits per heavy atom. The van der Waals surface area contributed by atoms with Crippen LogP contribution >= 0.6 is 0 Å². The summed E-state index contributed by atoms with van der Waals surface area (Å²) < 4.78 is 0. The second-order valence-corrected chi connectivity index (χ2v) is 5.35. The first-order valence-electron chi connectivity index (χ1n) is 6.73. The summed E-state index contributed by atoms with van der Waals surface area (Å²) in [6.07, 6.45) is 1.56. The lowest BCUT2D eigenvalue weighted by Gasteiger charge is -2.11. The van der Waals surface area contributed by atoms with E-state index in [0.717, 1.165) is 12.0 Å². The molecule has 19 heavy (non-hydrogen) atoms. The average Bonchev–Trinajstić information content (AvgIpc) is 2.80. The zero-order chi connectivity index (χ0) is 13.0. The third kappa shape index (κ3) is 1.39. The van der Waals surface area contributed by atoms with E-state index in [1.807, 2.05) is 0 Å². The van der Waals surface area contributed by atoms with Crippen LogP contribution in [0.3, 0.4) is 0 Å². The third-order valence-corrected chi connectivity index (χ3v) is 4.24. The first-order chi connectivity index (χ1) is 9.25. The van der Waals surface area contributed by atoms with Crippen molar-refractivity contribution in [2.45, 2.75) is 19.8 Å². The third-order valence-electron chi connectivity index (χ3n) is 4.24. The highest BCUT2D eigenvalue weighted by atomic mass is 16.1. The minimum atomic E-state index is 0.299. The van der Waals surface area contributed by atoms with Gasteiger partial charge in [0.15, 0.2) is 5.78 Å². The standard InChI is InChI=1S/C18H14O/c1-11-10-16-14(8-9-17(16)19)15-7-6-12-4-2-3-5-13(12)18(11)15/h2-7,10H,8-9H2,1H3. The number of benzene rings is 3. The van der Waals surface area contributed by atoms with Gasteiger partial charge in [-0.3, -0.25) is 4.79 Å². The van der Waals surface area contributed by atoms with Crippen LogP contribution < -0.4 is 0 Å². The molecule has 0 fully saturated rings. The maximum absolute atomic E-state index is 11.9. The van der Waals surface area contributed by atoms with Gasteiger partial charge in [0.2, 0.25) is 0 Å². The van der Waals surface area contributed by atoms with Crippen molar-refractivity contribution in [1.29, 1.82) is 0 Å². The molecule has 0 aromatic heterocycles. The predicted molar refractivity (Wildman–Crippen MR) is 78.8 cm³/mol. The summed E-state index contributed by atoms with van der Waals surface area (Å²) in [7, 11) is 0. The van der Waals surface area contributed by atoms with Crippen molar-refractivity contribution in [1.82, 2.24) is 0 Å². The van der Waals surface area contributed by atoms with Gasteiger partial charge in [-0.15, -0.1) is 0 Å². The van der Waals surface area contributed by atoms with E-state index in [1.54, 1.807) is 0 Å². The molecule has 0 heterocycles. The van der Waals surface area contributed by atoms with Crippen molar-refractivity contribution in [2.75, 3.05) is 0 Å². The SMILES string of the molecule is Cc1cc2c(c3ccc4ccccc4c13)CCC2=O. The van der Waals surface area contributed by atoms with E-state index < -0.39 is 0 Å². The van der Waals surface area contributed by atoms with Gasteiger partial charge in [0.05, 0.1) is 0 Å². The topological polar surface area (TPSA) is 17.1 Å². The van der Waals surface area contributed by atoms with Crippen LogP contribution in [0, 0.1) is 6.92 Å². The summed E-state index contributed by atoms with van der Waals surface area (Å²) in [5.41, 5.74) is 3.40. The molecule has 0 aliphatic heterocycles. The largest absolute Gasteiger partial charge is 0.294 e. The van der Waals surface area contributed by atoms with Crippen molar-refractivity contribution in [3.8, 4) is 0 Å². The molecule has 1 heteroatoms. The van der Waals surface area contributed by atoms with Gasteiger partial charge >= 0.3 is 0 Å². The number of ketones is 1. The zero-order valence-electron chi connectivity index (χ0n) is 10.9. The van der Waals surface area contributed by atoms with Crippen LogP contribution in [0.1, 0.15) is 27.9 Å². The second kappa shape index (κ2) is 3.67. The summed E-state index contributed by atoms with van der Waals surface area (Å²) >= 11 is 0. The van der Waals surface area contributed by atoms with Gasteiger partial charge < -0.3 is 0 Å². The molecule has 1 aliphatic carbocycles. The molecule has 3 aromatic carbocycles. The second-order valence-electron chi connectivity index (χ2n) is 5.35. The summed E-state index contributed by atoms with van der Waals surface area (Å²) in [5.74, 6) is 0.299. The van der Waals surface area contributed by atoms with Crippen molar-refractivity contribution >= 4 is 27.3 Å². The molecule has 1 aliphatic rings. The Bertz CT molecular complexity index is 843. The molecule has 0 amide bonds. The van der Waals surface area contributed by atoms with Crippen molar-refractivity contribution in [3.05, 3.63) is 59.2 Å². The molecular formula is C18H14O. The van der Waals surface area contributed by atoms with Crippen LogP contribution in [-0.4, -0.2) is 5.78 Å². The van der Waals surface area contributed by atoms with E-state index in [2.05, 4.69) is 49.4 Å². The van der Waals surface area contributed by atoms with Crippen LogP contribution in [0.25, 0.3) is 21.5 Å². The first-order valence-corrected chi connectivity index (χ1v) is 6.73. The molecule has 4 rings (SSSR count). The Morgan fingerprint density at radius 2 is 1.79 bits per heavy atom. The van der Waals surface area contributed by atoms with Crippen LogP contribution in [-0.2, 0) is 6.42 Å². The smallest absolute Gasteiger partial charge is 0.163 e. The average molecular weight is 246 g/mol. The maximum Gasteiger partial charge on any atom is 0.163 e. The minimum Gasteiger partial charge on any atom is -0.294 e. The molecule has 0 radical (unpaired) electrons. The molecule has 3 aromatic rings. The Morgan fingerprint density at radius 3 is 2.68 bits per heavy atom. The highest BCUT2D eigenvalue weighted by Gasteiger charge is 2.22. The fraction of sp³-hybridized carbons (Fsp3) is 0.167. The molecule has 0 N–H and O–H groups in total. The van der Waals surface area contributed by atoms with Crippen LogP contribution in [0.5, 0.6) is 0 Å². The molecule has 92 valence electrons. The lowest BCUT2D eigenvalue weighted by molar-refractivity contribution is 0.0994. The van der Waals surface area contributed by atoms with Gasteiger partial charge in [0.25, 0.3) is 0 Å². The Balaban J connectivity index is 2.26. The van der Waals surface area contributed by atoms with Crippen molar-refractivity contribution in [2.24, 2.45) is 0 Å². The number of aryl methyl sites for hydroxylation is 2. The van der Waals surface area contributed by atoms with Crippen molar-refractivity contribution < 1.29 is 4.79 Å². The van der Waals surface area contributed by atoms with E-state index >= 15 is 0 Å². The normalized spacial score (nSPS) is 14.3. The minimum absolute atomic E-state index is 0.299. The van der Waals surface area contributed by atoms with Gasteiger partial charge in [0.1, 0.15) is 0 Å². The predicted octanol–water partition coefficient (Wildman–Crippen LogP) is 4.43. The number of rotatable bonds is 0. The Hall–Kier alpha value is -2.15. The monoisotopic (exact) mass is 246 g/mol. The number of carbonyl (C=O) groups excluding carboxylic acids is 1.